The van der Waals surface area contributed by atoms with Gasteiger partial charge in [0.1, 0.15) is 5.82 Å². The van der Waals surface area contributed by atoms with Gasteiger partial charge in [-0.1, -0.05) is 45.9 Å². The first kappa shape index (κ1) is 28.0. The molecule has 1 amide bonds. The predicted molar refractivity (Wildman–Crippen MR) is 146 cm³/mol. The van der Waals surface area contributed by atoms with Gasteiger partial charge >= 0.3 is 0 Å². The molecule has 2 aromatic carbocycles. The lowest BCUT2D eigenvalue weighted by atomic mass is 9.85. The Morgan fingerprint density at radius 1 is 1.17 bits per heavy atom. The largest absolute Gasteiger partial charge is 0.371 e. The third-order valence-corrected chi connectivity index (χ3v) is 8.42. The minimum absolute atomic E-state index is 0.0233. The van der Waals surface area contributed by atoms with Gasteiger partial charge in [0.15, 0.2) is 0 Å². The Kier molecular flexibility index (Phi) is 8.38. The Bertz CT molecular complexity index is 1200. The maximum Gasteiger partial charge on any atom is 0.232 e. The van der Waals surface area contributed by atoms with Crippen molar-refractivity contribution in [2.45, 2.75) is 65.3 Å². The third kappa shape index (κ3) is 6.58. The Morgan fingerprint density at radius 3 is 2.36 bits per heavy atom. The van der Waals surface area contributed by atoms with Gasteiger partial charge in [0, 0.05) is 32.4 Å². The van der Waals surface area contributed by atoms with Gasteiger partial charge in [-0.2, -0.15) is 0 Å². The highest BCUT2D eigenvalue weighted by atomic mass is 32.2. The topological polar surface area (TPSA) is 69.7 Å². The van der Waals surface area contributed by atoms with Gasteiger partial charge in [0.25, 0.3) is 0 Å². The molecule has 1 saturated heterocycles. The summed E-state index contributed by atoms with van der Waals surface area (Å²) < 4.78 is 39.1. The number of halogens is 1. The van der Waals surface area contributed by atoms with Gasteiger partial charge in [-0.15, -0.1) is 0 Å². The van der Waals surface area contributed by atoms with Crippen LogP contribution < -0.4 is 14.5 Å². The number of nitrogens with one attached hydrogen (secondary N) is 1. The fraction of sp³-hybridized carbons (Fsp3) is 0.536. The molecule has 2 aromatic rings. The predicted octanol–water partition coefficient (Wildman–Crippen LogP) is 5.18. The average molecular weight is 518 g/mol. The second-order valence-electron chi connectivity index (χ2n) is 11.1. The van der Waals surface area contributed by atoms with E-state index in [1.807, 2.05) is 0 Å². The molecule has 8 heteroatoms. The number of hydrogen-bond donors (Lipinski definition) is 1. The fourth-order valence-corrected chi connectivity index (χ4v) is 4.94. The summed E-state index contributed by atoms with van der Waals surface area (Å²) in [5, 5.41) is 3.03. The fourth-order valence-electron chi connectivity index (χ4n) is 4.44. The molecule has 1 atom stereocenters. The zero-order chi connectivity index (χ0) is 26.8. The van der Waals surface area contributed by atoms with Gasteiger partial charge in [-0.05, 0) is 66.0 Å². The van der Waals surface area contributed by atoms with Crippen LogP contribution in [0.3, 0.4) is 0 Å². The van der Waals surface area contributed by atoms with Crippen LogP contribution in [0, 0.1) is 11.7 Å². The number of amides is 1. The number of carbonyl (C=O) groups is 1. The Balaban J connectivity index is 1.77. The standard InChI is InChI=1S/C28H40FN3O3S/c1-19-12-14-32(15-13-19)26-17-23(28(3,4)5)10-8-22(26)18-30-27(33)20(2)21-9-11-25(24(29)16-21)31(6)36(7,34)35/h8-11,16-17,19-20H,12-15,18H2,1-7H3,(H,30,33). The maximum atomic E-state index is 14.7. The molecule has 1 aliphatic heterocycles. The van der Waals surface area contributed by atoms with Crippen LogP contribution in [0.4, 0.5) is 15.8 Å². The summed E-state index contributed by atoms with van der Waals surface area (Å²) in [6, 6.07) is 10.7. The molecule has 3 rings (SSSR count). The van der Waals surface area contributed by atoms with Crippen molar-refractivity contribution in [1.29, 1.82) is 0 Å². The molecule has 0 spiro atoms. The number of carbonyl (C=O) groups excluding carboxylic acids is 1. The summed E-state index contributed by atoms with van der Waals surface area (Å²) in [5.74, 6) is -0.763. The van der Waals surface area contributed by atoms with E-state index in [1.165, 1.54) is 30.4 Å². The summed E-state index contributed by atoms with van der Waals surface area (Å²) in [5.41, 5.74) is 3.96. The van der Waals surface area contributed by atoms with E-state index in [0.717, 1.165) is 48.0 Å². The van der Waals surface area contributed by atoms with Crippen LogP contribution in [0.5, 0.6) is 0 Å². The highest BCUT2D eigenvalue weighted by Gasteiger charge is 2.24. The highest BCUT2D eigenvalue weighted by molar-refractivity contribution is 7.92. The first-order valence-electron chi connectivity index (χ1n) is 12.6. The van der Waals surface area contributed by atoms with Crippen molar-refractivity contribution in [3.05, 3.63) is 58.9 Å². The second kappa shape index (κ2) is 10.8. The number of benzene rings is 2. The van der Waals surface area contributed by atoms with Crippen LogP contribution in [0.25, 0.3) is 0 Å². The molecule has 0 bridgehead atoms. The molecule has 0 aliphatic carbocycles. The quantitative estimate of drug-likeness (QED) is 0.550. The smallest absolute Gasteiger partial charge is 0.232 e. The summed E-state index contributed by atoms with van der Waals surface area (Å²) in [6.45, 7) is 13.0. The van der Waals surface area contributed by atoms with E-state index in [4.69, 9.17) is 0 Å². The molecule has 0 radical (unpaired) electrons. The van der Waals surface area contributed by atoms with E-state index in [2.05, 4.69) is 56.1 Å². The average Bonchev–Trinajstić information content (AvgIpc) is 2.80. The van der Waals surface area contributed by atoms with E-state index < -0.39 is 21.8 Å². The van der Waals surface area contributed by atoms with Crippen molar-refractivity contribution in [2.75, 3.05) is 35.6 Å². The number of anilines is 2. The monoisotopic (exact) mass is 517 g/mol. The lowest BCUT2D eigenvalue weighted by Crippen LogP contribution is -2.35. The molecular formula is C28H40FN3O3S. The first-order valence-corrected chi connectivity index (χ1v) is 14.4. The van der Waals surface area contributed by atoms with Crippen LogP contribution in [-0.4, -0.2) is 40.7 Å². The van der Waals surface area contributed by atoms with E-state index in [9.17, 15) is 17.6 Å². The zero-order valence-corrected chi connectivity index (χ0v) is 23.4. The lowest BCUT2D eigenvalue weighted by Gasteiger charge is -2.35. The third-order valence-electron chi connectivity index (χ3n) is 7.23. The van der Waals surface area contributed by atoms with Gasteiger partial charge in [0.05, 0.1) is 17.9 Å². The summed E-state index contributed by atoms with van der Waals surface area (Å²) in [4.78, 5) is 15.4. The molecule has 1 N–H and O–H groups in total. The molecule has 1 fully saturated rings. The number of hydrogen-bond acceptors (Lipinski definition) is 4. The zero-order valence-electron chi connectivity index (χ0n) is 22.6. The number of piperidine rings is 1. The Morgan fingerprint density at radius 2 is 1.81 bits per heavy atom. The maximum absolute atomic E-state index is 14.7. The number of rotatable bonds is 7. The van der Waals surface area contributed by atoms with Crippen LogP contribution in [0.15, 0.2) is 36.4 Å². The van der Waals surface area contributed by atoms with Crippen molar-refractivity contribution in [3.63, 3.8) is 0 Å². The molecular weight excluding hydrogens is 477 g/mol. The van der Waals surface area contributed by atoms with Gasteiger partial charge in [-0.3, -0.25) is 9.10 Å². The van der Waals surface area contributed by atoms with Crippen LogP contribution >= 0.6 is 0 Å². The van der Waals surface area contributed by atoms with E-state index in [-0.39, 0.29) is 17.0 Å². The van der Waals surface area contributed by atoms with Crippen molar-refractivity contribution >= 4 is 27.3 Å². The highest BCUT2D eigenvalue weighted by Crippen LogP contribution is 2.32. The van der Waals surface area contributed by atoms with Crippen molar-refractivity contribution in [1.82, 2.24) is 5.32 Å². The molecule has 1 heterocycles. The van der Waals surface area contributed by atoms with Crippen LogP contribution in [0.2, 0.25) is 0 Å². The molecule has 198 valence electrons. The molecule has 1 unspecified atom stereocenters. The molecule has 1 aliphatic rings. The normalized spacial score (nSPS) is 16.1. The molecule has 0 saturated carbocycles. The molecule has 6 nitrogen and oxygen atoms in total. The van der Waals surface area contributed by atoms with Gasteiger partial charge < -0.3 is 10.2 Å². The van der Waals surface area contributed by atoms with Crippen LogP contribution in [0.1, 0.15) is 70.1 Å². The summed E-state index contributed by atoms with van der Waals surface area (Å²) >= 11 is 0. The van der Waals surface area contributed by atoms with Gasteiger partial charge in [0.2, 0.25) is 15.9 Å². The second-order valence-corrected chi connectivity index (χ2v) is 13.2. The molecule has 0 aromatic heterocycles. The van der Waals surface area contributed by atoms with Crippen molar-refractivity contribution in [2.24, 2.45) is 5.92 Å². The van der Waals surface area contributed by atoms with E-state index >= 15 is 0 Å². The van der Waals surface area contributed by atoms with E-state index in [0.29, 0.717) is 12.1 Å². The van der Waals surface area contributed by atoms with Crippen LogP contribution in [-0.2, 0) is 26.8 Å². The lowest BCUT2D eigenvalue weighted by molar-refractivity contribution is -0.122. The summed E-state index contributed by atoms with van der Waals surface area (Å²) in [6.07, 6.45) is 3.32. The minimum atomic E-state index is -3.59. The minimum Gasteiger partial charge on any atom is -0.371 e. The number of nitrogens with zero attached hydrogens (tertiary/aromatic N) is 2. The summed E-state index contributed by atoms with van der Waals surface area (Å²) in [7, 11) is -2.29. The molecule has 36 heavy (non-hydrogen) atoms. The van der Waals surface area contributed by atoms with Gasteiger partial charge in [-0.25, -0.2) is 12.8 Å². The first-order chi connectivity index (χ1) is 16.7. The van der Waals surface area contributed by atoms with Crippen molar-refractivity contribution < 1.29 is 17.6 Å². The number of sulfonamides is 1. The SMILES string of the molecule is CC1CCN(c2cc(C(C)(C)C)ccc2CNC(=O)C(C)c2ccc(N(C)S(C)(=O)=O)c(F)c2)CC1. The Hall–Kier alpha value is -2.61. The van der Waals surface area contributed by atoms with E-state index in [1.54, 1.807) is 13.0 Å². The Labute approximate surface area is 215 Å². The van der Waals surface area contributed by atoms with Crippen molar-refractivity contribution in [3.8, 4) is 0 Å².